The highest BCUT2D eigenvalue weighted by Gasteiger charge is 2.18. The first-order chi connectivity index (χ1) is 7.95. The van der Waals surface area contributed by atoms with Gasteiger partial charge >= 0.3 is 5.97 Å². The minimum atomic E-state index is -0.915. The van der Waals surface area contributed by atoms with Gasteiger partial charge in [0.2, 0.25) is 0 Å². The van der Waals surface area contributed by atoms with Gasteiger partial charge in [-0.1, -0.05) is 6.92 Å². The number of thiazole rings is 1. The van der Waals surface area contributed by atoms with Gasteiger partial charge in [0.25, 0.3) is 0 Å². The number of hydrogen-bond donors (Lipinski definition) is 2. The first-order valence-corrected chi connectivity index (χ1v) is 6.27. The topological polar surface area (TPSA) is 73.7 Å². The summed E-state index contributed by atoms with van der Waals surface area (Å²) < 4.78 is 0. The zero-order chi connectivity index (χ0) is 13.0. The Bertz CT molecular complexity index is 392. The van der Waals surface area contributed by atoms with Crippen molar-refractivity contribution in [1.29, 1.82) is 0 Å². The van der Waals surface area contributed by atoms with E-state index in [1.54, 1.807) is 6.92 Å². The van der Waals surface area contributed by atoms with Crippen LogP contribution in [-0.4, -0.2) is 52.8 Å². The lowest BCUT2D eigenvalue weighted by Gasteiger charge is -2.18. The Labute approximate surface area is 105 Å². The monoisotopic (exact) mass is 258 g/mol. The molecule has 0 aliphatic heterocycles. The number of aliphatic hydroxyl groups excluding tert-OH is 1. The molecule has 0 saturated carbocycles. The fourth-order valence-electron chi connectivity index (χ4n) is 1.63. The highest BCUT2D eigenvalue weighted by molar-refractivity contribution is 7.13. The van der Waals surface area contributed by atoms with E-state index in [9.17, 15) is 4.79 Å². The normalized spacial score (nSPS) is 13.0. The summed E-state index contributed by atoms with van der Waals surface area (Å²) in [4.78, 5) is 17.5. The molecular weight excluding hydrogens is 240 g/mol. The molecule has 1 aromatic heterocycles. The number of carboxylic acids is 1. The summed E-state index contributed by atoms with van der Waals surface area (Å²) in [6, 6.07) is 0. The summed E-state index contributed by atoms with van der Waals surface area (Å²) in [7, 11) is 1.92. The third kappa shape index (κ3) is 3.76. The summed E-state index contributed by atoms with van der Waals surface area (Å²) in [5.74, 6) is -0.745. The van der Waals surface area contributed by atoms with Gasteiger partial charge in [-0.2, -0.15) is 0 Å². The molecule has 0 fully saturated rings. The lowest BCUT2D eigenvalue weighted by atomic mass is 10.2. The molecule has 1 atom stereocenters. The molecule has 1 unspecified atom stereocenters. The number of carboxylic acid groups (broad SMARTS) is 1. The van der Waals surface area contributed by atoms with Gasteiger partial charge in [-0.25, -0.2) is 9.78 Å². The standard InChI is InChI=1S/C11H18N2O3S/c1-7(6-13(3)4-5-14)10-12-8(2)9(17-10)11(15)16/h7,14H,4-6H2,1-3H3,(H,15,16). The van der Waals surface area contributed by atoms with Crippen molar-refractivity contribution in [1.82, 2.24) is 9.88 Å². The molecule has 96 valence electrons. The number of aryl methyl sites for hydroxylation is 1. The number of carbonyl (C=O) groups is 1. The van der Waals surface area contributed by atoms with Crippen molar-refractivity contribution in [3.8, 4) is 0 Å². The van der Waals surface area contributed by atoms with E-state index in [-0.39, 0.29) is 12.5 Å². The molecule has 1 heterocycles. The van der Waals surface area contributed by atoms with Crippen LogP contribution in [0.3, 0.4) is 0 Å². The van der Waals surface area contributed by atoms with Crippen LogP contribution in [0.5, 0.6) is 0 Å². The predicted molar refractivity (Wildman–Crippen MR) is 66.8 cm³/mol. The van der Waals surface area contributed by atoms with Gasteiger partial charge in [0.1, 0.15) is 4.88 Å². The Morgan fingerprint density at radius 3 is 2.71 bits per heavy atom. The second-order valence-corrected chi connectivity index (χ2v) is 5.19. The third-order valence-electron chi connectivity index (χ3n) is 2.50. The number of aromatic carboxylic acids is 1. The Kier molecular flexibility index (Phi) is 5.04. The van der Waals surface area contributed by atoms with Gasteiger partial charge in [-0.05, 0) is 14.0 Å². The predicted octanol–water partition coefficient (Wildman–Crippen LogP) is 1.18. The number of nitrogens with zero attached hydrogens (tertiary/aromatic N) is 2. The van der Waals surface area contributed by atoms with E-state index in [2.05, 4.69) is 4.98 Å². The Hall–Kier alpha value is -0.980. The van der Waals surface area contributed by atoms with Crippen LogP contribution in [-0.2, 0) is 0 Å². The van der Waals surface area contributed by atoms with Crippen molar-refractivity contribution in [2.75, 3.05) is 26.7 Å². The lowest BCUT2D eigenvalue weighted by Crippen LogP contribution is -2.26. The summed E-state index contributed by atoms with van der Waals surface area (Å²) >= 11 is 1.24. The maximum Gasteiger partial charge on any atom is 0.347 e. The highest BCUT2D eigenvalue weighted by Crippen LogP contribution is 2.25. The molecule has 1 aromatic rings. The number of likely N-dealkylation sites (N-methyl/N-ethyl adjacent to an activating group) is 1. The van der Waals surface area contributed by atoms with E-state index >= 15 is 0 Å². The van der Waals surface area contributed by atoms with Gasteiger partial charge in [0, 0.05) is 19.0 Å². The molecule has 17 heavy (non-hydrogen) atoms. The molecule has 0 bridgehead atoms. The molecule has 0 aliphatic rings. The second kappa shape index (κ2) is 6.09. The molecule has 5 nitrogen and oxygen atoms in total. The molecule has 0 radical (unpaired) electrons. The van der Waals surface area contributed by atoms with Gasteiger partial charge in [0.05, 0.1) is 17.3 Å². The lowest BCUT2D eigenvalue weighted by molar-refractivity contribution is 0.0701. The van der Waals surface area contributed by atoms with E-state index in [0.29, 0.717) is 17.1 Å². The highest BCUT2D eigenvalue weighted by atomic mass is 32.1. The molecule has 0 aromatic carbocycles. The van der Waals surface area contributed by atoms with Crippen LogP contribution in [0.1, 0.15) is 33.2 Å². The Morgan fingerprint density at radius 1 is 1.59 bits per heavy atom. The van der Waals surface area contributed by atoms with E-state index in [1.165, 1.54) is 11.3 Å². The van der Waals surface area contributed by atoms with Crippen LogP contribution in [0.2, 0.25) is 0 Å². The molecule has 1 rings (SSSR count). The summed E-state index contributed by atoms with van der Waals surface area (Å²) in [6.45, 7) is 5.22. The number of aromatic nitrogens is 1. The fraction of sp³-hybridized carbons (Fsp3) is 0.636. The van der Waals surface area contributed by atoms with Crippen molar-refractivity contribution in [3.63, 3.8) is 0 Å². The maximum atomic E-state index is 10.9. The maximum absolute atomic E-state index is 10.9. The van der Waals surface area contributed by atoms with E-state index in [1.807, 2.05) is 18.9 Å². The minimum absolute atomic E-state index is 0.125. The van der Waals surface area contributed by atoms with Crippen molar-refractivity contribution in [2.24, 2.45) is 0 Å². The van der Waals surface area contributed by atoms with E-state index in [0.717, 1.165) is 11.6 Å². The van der Waals surface area contributed by atoms with Crippen LogP contribution >= 0.6 is 11.3 Å². The first-order valence-electron chi connectivity index (χ1n) is 5.45. The van der Waals surface area contributed by atoms with Crippen LogP contribution in [0.4, 0.5) is 0 Å². The van der Waals surface area contributed by atoms with Gasteiger partial charge in [-0.3, -0.25) is 0 Å². The minimum Gasteiger partial charge on any atom is -0.477 e. The van der Waals surface area contributed by atoms with Crippen LogP contribution in [0, 0.1) is 6.92 Å². The van der Waals surface area contributed by atoms with Crippen molar-refractivity contribution in [2.45, 2.75) is 19.8 Å². The fourth-order valence-corrected chi connectivity index (χ4v) is 2.58. The molecular formula is C11H18N2O3S. The van der Waals surface area contributed by atoms with Crippen molar-refractivity contribution >= 4 is 17.3 Å². The Morgan fingerprint density at radius 2 is 2.24 bits per heavy atom. The van der Waals surface area contributed by atoms with Crippen molar-refractivity contribution < 1.29 is 15.0 Å². The van der Waals surface area contributed by atoms with Crippen LogP contribution in [0.25, 0.3) is 0 Å². The number of rotatable bonds is 6. The zero-order valence-electron chi connectivity index (χ0n) is 10.3. The van der Waals surface area contributed by atoms with Gasteiger partial charge < -0.3 is 15.1 Å². The molecule has 0 aliphatic carbocycles. The molecule has 6 heteroatoms. The van der Waals surface area contributed by atoms with Crippen molar-refractivity contribution in [3.05, 3.63) is 15.6 Å². The Balaban J connectivity index is 2.72. The smallest absolute Gasteiger partial charge is 0.347 e. The molecule has 2 N–H and O–H groups in total. The number of hydrogen-bond acceptors (Lipinski definition) is 5. The molecule has 0 amide bonds. The quantitative estimate of drug-likeness (QED) is 0.801. The third-order valence-corrected chi connectivity index (χ3v) is 3.87. The SMILES string of the molecule is Cc1nc(C(C)CN(C)CCO)sc1C(=O)O. The first kappa shape index (κ1) is 14.1. The zero-order valence-corrected chi connectivity index (χ0v) is 11.1. The summed E-state index contributed by atoms with van der Waals surface area (Å²) in [6.07, 6.45) is 0. The second-order valence-electron chi connectivity index (χ2n) is 4.16. The van der Waals surface area contributed by atoms with Crippen LogP contribution < -0.4 is 0 Å². The average Bonchev–Trinajstić information content (AvgIpc) is 2.60. The van der Waals surface area contributed by atoms with Gasteiger partial charge in [-0.15, -0.1) is 11.3 Å². The summed E-state index contributed by atoms with van der Waals surface area (Å²) in [5.41, 5.74) is 0.578. The average molecular weight is 258 g/mol. The summed E-state index contributed by atoms with van der Waals surface area (Å²) in [5, 5.41) is 18.6. The van der Waals surface area contributed by atoms with Crippen LogP contribution in [0.15, 0.2) is 0 Å². The molecule has 0 saturated heterocycles. The van der Waals surface area contributed by atoms with E-state index in [4.69, 9.17) is 10.2 Å². The number of aliphatic hydroxyl groups is 1. The van der Waals surface area contributed by atoms with E-state index < -0.39 is 5.97 Å². The largest absolute Gasteiger partial charge is 0.477 e. The molecule has 0 spiro atoms. The van der Waals surface area contributed by atoms with Gasteiger partial charge in [0.15, 0.2) is 0 Å².